The number of benzene rings is 12. The van der Waals surface area contributed by atoms with Crippen LogP contribution in [0, 0.1) is 0 Å². The van der Waals surface area contributed by atoms with Crippen LogP contribution in [0.2, 0.25) is 0 Å². The van der Waals surface area contributed by atoms with Crippen LogP contribution in [0.25, 0.3) is 94.4 Å². The van der Waals surface area contributed by atoms with Gasteiger partial charge in [-0.2, -0.15) is 0 Å². The average Bonchev–Trinajstić information content (AvgIpc) is 3.62. The summed E-state index contributed by atoms with van der Waals surface area (Å²) in [4.78, 5) is 4.70. The lowest BCUT2D eigenvalue weighted by atomic mass is 10.1. The lowest BCUT2D eigenvalue weighted by molar-refractivity contribution is 0.655. The highest BCUT2D eigenvalue weighted by atomic mass is 16.3. The largest absolute Gasteiger partial charge is 0.453 e. The summed E-state index contributed by atoms with van der Waals surface area (Å²) in [5.41, 5.74) is 23.1. The highest BCUT2D eigenvalue weighted by Crippen LogP contribution is 2.45. The molecule has 0 atom stereocenters. The molecule has 80 heavy (non-hydrogen) atoms. The van der Waals surface area contributed by atoms with E-state index >= 15 is 0 Å². The number of rotatable bonds is 9. The van der Waals surface area contributed by atoms with E-state index in [4.69, 9.17) is 4.42 Å². The van der Waals surface area contributed by atoms with Gasteiger partial charge >= 0.3 is 0 Å². The van der Waals surface area contributed by atoms with Crippen LogP contribution in [0.3, 0.4) is 0 Å². The third-order valence-electron chi connectivity index (χ3n) is 15.6. The molecule has 4 heterocycles. The minimum absolute atomic E-state index is 0.756. The smallest absolute Gasteiger partial charge is 0.155 e. The summed E-state index contributed by atoms with van der Waals surface area (Å²) in [6, 6.07) is 107. The first-order valence-corrected chi connectivity index (χ1v) is 27.1. The second-order valence-electron chi connectivity index (χ2n) is 20.2. The first kappa shape index (κ1) is 45.3. The SMILES string of the molecule is c1ccc(N(c2ccccc2)c2cc3oc4ccccc4n4c5cc6c(cc5n(-c5ccccc5)c(c2)c34)n(-c2ccccc2)c2cc(N(c3ccccc3)c3ccccc3)cc3c2n6c2ccccc2n3-c2ccccc2)cc1. The molecule has 0 radical (unpaired) electrons. The topological polar surface area (TPSA) is 43.2 Å². The van der Waals surface area contributed by atoms with Crippen molar-refractivity contribution >= 4 is 111 Å². The molecule has 4 aromatic heterocycles. The van der Waals surface area contributed by atoms with E-state index in [0.717, 1.165) is 129 Å². The summed E-state index contributed by atoms with van der Waals surface area (Å²) in [7, 11) is 0. The van der Waals surface area contributed by atoms with Crippen LogP contribution >= 0.6 is 0 Å². The first-order valence-electron chi connectivity index (χ1n) is 27.1. The van der Waals surface area contributed by atoms with Crippen LogP contribution < -0.4 is 9.80 Å². The van der Waals surface area contributed by atoms with Gasteiger partial charge in [0.05, 0.1) is 72.1 Å². The van der Waals surface area contributed by atoms with Crippen LogP contribution in [0.4, 0.5) is 34.1 Å². The number of aromatic nitrogens is 5. The molecular formula is C72H49N7O. The van der Waals surface area contributed by atoms with Gasteiger partial charge in [0, 0.05) is 45.9 Å². The van der Waals surface area contributed by atoms with E-state index in [1.807, 2.05) is 0 Å². The van der Waals surface area contributed by atoms with Crippen molar-refractivity contribution in [2.24, 2.45) is 0 Å². The van der Waals surface area contributed by atoms with Crippen LogP contribution in [0.1, 0.15) is 0 Å². The molecule has 0 amide bonds. The predicted octanol–water partition coefficient (Wildman–Crippen LogP) is 19.1. The van der Waals surface area contributed by atoms with Gasteiger partial charge in [-0.3, -0.25) is 4.40 Å². The highest BCUT2D eigenvalue weighted by molar-refractivity contribution is 6.11. The maximum Gasteiger partial charge on any atom is 0.155 e. The van der Waals surface area contributed by atoms with Gasteiger partial charge in [-0.1, -0.05) is 152 Å². The van der Waals surface area contributed by atoms with Gasteiger partial charge in [0.2, 0.25) is 0 Å². The van der Waals surface area contributed by atoms with Gasteiger partial charge in [-0.15, -0.1) is 0 Å². The number of nitrogens with zero attached hydrogens (tertiary/aromatic N) is 7. The molecule has 0 aliphatic rings. The van der Waals surface area contributed by atoms with Crippen molar-refractivity contribution in [3.8, 4) is 17.1 Å². The molecule has 0 N–H and O–H groups in total. The predicted molar refractivity (Wildman–Crippen MR) is 331 cm³/mol. The zero-order valence-corrected chi connectivity index (χ0v) is 43.3. The highest BCUT2D eigenvalue weighted by Gasteiger charge is 2.27. The van der Waals surface area contributed by atoms with Gasteiger partial charge in [-0.25, -0.2) is 0 Å². The normalized spacial score (nSPS) is 11.8. The molecule has 8 heteroatoms. The second kappa shape index (κ2) is 18.4. The van der Waals surface area contributed by atoms with Crippen molar-refractivity contribution < 1.29 is 4.42 Å². The number of hydrogen-bond donors (Lipinski definition) is 0. The summed E-state index contributed by atoms with van der Waals surface area (Å²) < 4.78 is 19.5. The Hall–Kier alpha value is -11.0. The Morgan fingerprint density at radius 1 is 0.212 bits per heavy atom. The van der Waals surface area contributed by atoms with Crippen LogP contribution in [-0.4, -0.2) is 22.5 Å². The minimum Gasteiger partial charge on any atom is -0.453 e. The molecule has 0 unspecified atom stereocenters. The molecule has 8 nitrogen and oxygen atoms in total. The van der Waals surface area contributed by atoms with Crippen LogP contribution in [0.15, 0.2) is 302 Å². The Labute approximate surface area is 460 Å². The molecule has 16 aromatic rings. The number of fused-ring (bicyclic) bond motifs is 8. The number of anilines is 6. The standard InChI is InChI=1S/C72H49N7O/c1-8-26-50(27-9-1)73(51-28-10-2-11-29-51)57-44-66-71-67(45-57)76(55-36-18-6-19-37-55)62-48-63-65(49-64(62)78(71)60-41-23-22-40-59(60)75(66)54-34-16-5-17-35-54)79-61-42-24-25-43-69(61)80-70-47-58(46-68(72(70)79)77(63)56-38-20-7-21-39-56)74(52-30-12-3-13-31-52)53-32-14-4-15-33-53/h1-49H. The summed E-state index contributed by atoms with van der Waals surface area (Å²) in [6.45, 7) is 0. The Kier molecular flexibility index (Phi) is 10.4. The van der Waals surface area contributed by atoms with Gasteiger partial charge in [0.25, 0.3) is 0 Å². The van der Waals surface area contributed by atoms with E-state index in [2.05, 4.69) is 330 Å². The van der Waals surface area contributed by atoms with Crippen molar-refractivity contribution in [1.29, 1.82) is 0 Å². The Bertz CT molecular complexity index is 4960. The van der Waals surface area contributed by atoms with Crippen molar-refractivity contribution in [1.82, 2.24) is 22.5 Å². The third-order valence-corrected chi connectivity index (χ3v) is 15.6. The Balaban J connectivity index is 1.15. The zero-order chi connectivity index (χ0) is 52.7. The molecule has 0 fully saturated rings. The lowest BCUT2D eigenvalue weighted by Crippen LogP contribution is -2.15. The second-order valence-corrected chi connectivity index (χ2v) is 20.2. The molecule has 378 valence electrons. The van der Waals surface area contributed by atoms with Gasteiger partial charge in [-0.05, 0) is 140 Å². The van der Waals surface area contributed by atoms with Crippen molar-refractivity contribution in [3.05, 3.63) is 297 Å². The fraction of sp³-hybridized carbons (Fsp3) is 0. The van der Waals surface area contributed by atoms with E-state index in [1.54, 1.807) is 0 Å². The van der Waals surface area contributed by atoms with Crippen molar-refractivity contribution in [2.75, 3.05) is 9.80 Å². The molecule has 0 aliphatic heterocycles. The zero-order valence-electron chi connectivity index (χ0n) is 43.3. The van der Waals surface area contributed by atoms with Crippen LogP contribution in [0.5, 0.6) is 0 Å². The first-order chi connectivity index (χ1) is 39.7. The van der Waals surface area contributed by atoms with E-state index in [9.17, 15) is 0 Å². The van der Waals surface area contributed by atoms with E-state index in [1.165, 1.54) is 0 Å². The van der Waals surface area contributed by atoms with Gasteiger partial charge in [0.1, 0.15) is 5.52 Å². The maximum atomic E-state index is 7.16. The number of hydrogen-bond acceptors (Lipinski definition) is 3. The van der Waals surface area contributed by atoms with Crippen molar-refractivity contribution in [2.45, 2.75) is 0 Å². The molecule has 16 rings (SSSR count). The molecule has 0 spiro atoms. The molecule has 12 aromatic carbocycles. The Morgan fingerprint density at radius 3 is 0.988 bits per heavy atom. The lowest BCUT2D eigenvalue weighted by Gasteiger charge is -2.30. The van der Waals surface area contributed by atoms with Gasteiger partial charge < -0.3 is 32.3 Å². The van der Waals surface area contributed by atoms with E-state index in [0.29, 0.717) is 0 Å². The van der Waals surface area contributed by atoms with Crippen LogP contribution in [-0.2, 0) is 0 Å². The number of para-hydroxylation sites is 11. The molecular weight excluding hydrogens is 979 g/mol. The van der Waals surface area contributed by atoms with E-state index < -0.39 is 0 Å². The van der Waals surface area contributed by atoms with Gasteiger partial charge in [0.15, 0.2) is 11.2 Å². The molecule has 0 bridgehead atoms. The molecule has 0 saturated heterocycles. The Morgan fingerprint density at radius 2 is 0.537 bits per heavy atom. The summed E-state index contributed by atoms with van der Waals surface area (Å²) >= 11 is 0. The molecule has 0 aliphatic carbocycles. The fourth-order valence-electron chi connectivity index (χ4n) is 12.3. The van der Waals surface area contributed by atoms with Crippen molar-refractivity contribution in [3.63, 3.8) is 0 Å². The summed E-state index contributed by atoms with van der Waals surface area (Å²) in [6.07, 6.45) is 0. The van der Waals surface area contributed by atoms with E-state index in [-0.39, 0.29) is 0 Å². The monoisotopic (exact) mass is 1030 g/mol. The average molecular weight is 1030 g/mol. The minimum atomic E-state index is 0.756. The summed E-state index contributed by atoms with van der Waals surface area (Å²) in [5, 5.41) is 0. The third kappa shape index (κ3) is 7.09. The fourth-order valence-corrected chi connectivity index (χ4v) is 12.3. The molecule has 0 saturated carbocycles. The summed E-state index contributed by atoms with van der Waals surface area (Å²) in [5.74, 6) is 0. The maximum absolute atomic E-state index is 7.16. The quantitative estimate of drug-likeness (QED) is 0.107.